The van der Waals surface area contributed by atoms with E-state index in [9.17, 15) is 9.90 Å². The third-order valence-corrected chi connectivity index (χ3v) is 8.73. The molecular weight excluding hydrogens is 568 g/mol. The number of unbranched alkanes of at least 4 members (excludes halogenated alkanes) is 23. The van der Waals surface area contributed by atoms with Crippen LogP contribution in [0.25, 0.3) is 0 Å². The molecule has 1 atom stereocenters. The molecule has 0 heterocycles. The van der Waals surface area contributed by atoms with E-state index in [0.717, 1.165) is 38.5 Å². The number of carbonyl (C=O) groups is 1. The summed E-state index contributed by atoms with van der Waals surface area (Å²) in [4.78, 5) is 12.2. The van der Waals surface area contributed by atoms with Gasteiger partial charge in [-0.1, -0.05) is 185 Å². The largest absolute Gasteiger partial charge is 0.457 e. The first kappa shape index (κ1) is 44.6. The van der Waals surface area contributed by atoms with Gasteiger partial charge < -0.3 is 14.6 Å². The molecule has 4 heteroatoms. The van der Waals surface area contributed by atoms with Crippen molar-refractivity contribution in [1.82, 2.24) is 0 Å². The zero-order valence-electron chi connectivity index (χ0n) is 30.8. The number of rotatable bonds is 37. The highest BCUT2D eigenvalue weighted by Crippen LogP contribution is 2.15. The van der Waals surface area contributed by atoms with Crippen molar-refractivity contribution in [2.45, 2.75) is 206 Å². The van der Waals surface area contributed by atoms with Crippen LogP contribution in [0.15, 0.2) is 36.5 Å². The van der Waals surface area contributed by atoms with Crippen molar-refractivity contribution in [3.8, 4) is 0 Å². The molecular formula is C42H78O4. The average Bonchev–Trinajstić information content (AvgIpc) is 3.06. The number of allylic oxidation sites excluding steroid dienone is 6. The van der Waals surface area contributed by atoms with Crippen LogP contribution < -0.4 is 0 Å². The molecule has 0 aromatic rings. The van der Waals surface area contributed by atoms with E-state index in [-0.39, 0.29) is 12.6 Å². The SMILES string of the molecule is CC/C=C\C/C=C\C/C=C\CCCCCCCCCC(=O)OC(CO)COCCCCCCCCCCCCCCCCCCC. The molecule has 1 N–H and O–H groups in total. The second-order valence-corrected chi connectivity index (χ2v) is 13.3. The summed E-state index contributed by atoms with van der Waals surface area (Å²) in [6.45, 7) is 5.25. The molecule has 0 aliphatic heterocycles. The van der Waals surface area contributed by atoms with Crippen LogP contribution >= 0.6 is 0 Å². The van der Waals surface area contributed by atoms with Gasteiger partial charge in [0.1, 0.15) is 6.10 Å². The van der Waals surface area contributed by atoms with Crippen LogP contribution in [0.5, 0.6) is 0 Å². The van der Waals surface area contributed by atoms with E-state index in [0.29, 0.717) is 19.6 Å². The highest BCUT2D eigenvalue weighted by atomic mass is 16.6. The summed E-state index contributed by atoms with van der Waals surface area (Å²) in [5.74, 6) is -0.209. The Balaban J connectivity index is 3.43. The van der Waals surface area contributed by atoms with Crippen molar-refractivity contribution in [1.29, 1.82) is 0 Å². The predicted octanol–water partition coefficient (Wildman–Crippen LogP) is 12.9. The van der Waals surface area contributed by atoms with Crippen LogP contribution in [0, 0.1) is 0 Å². The van der Waals surface area contributed by atoms with Crippen molar-refractivity contribution in [3.05, 3.63) is 36.5 Å². The highest BCUT2D eigenvalue weighted by molar-refractivity contribution is 5.69. The summed E-state index contributed by atoms with van der Waals surface area (Å²) >= 11 is 0. The summed E-state index contributed by atoms with van der Waals surface area (Å²) in [7, 11) is 0. The molecule has 0 rings (SSSR count). The van der Waals surface area contributed by atoms with E-state index in [2.05, 4.69) is 50.3 Å². The Morgan fingerprint density at radius 2 is 0.978 bits per heavy atom. The fraction of sp³-hybridized carbons (Fsp3) is 0.833. The minimum absolute atomic E-state index is 0.173. The van der Waals surface area contributed by atoms with Gasteiger partial charge in [0.25, 0.3) is 0 Å². The molecule has 0 aliphatic carbocycles. The van der Waals surface area contributed by atoms with Crippen molar-refractivity contribution in [3.63, 3.8) is 0 Å². The average molecular weight is 647 g/mol. The molecule has 0 saturated heterocycles. The van der Waals surface area contributed by atoms with Gasteiger partial charge in [-0.05, 0) is 44.9 Å². The maximum Gasteiger partial charge on any atom is 0.306 e. The number of esters is 1. The van der Waals surface area contributed by atoms with E-state index >= 15 is 0 Å². The van der Waals surface area contributed by atoms with E-state index in [1.54, 1.807) is 0 Å². The van der Waals surface area contributed by atoms with Gasteiger partial charge in [0.15, 0.2) is 0 Å². The number of hydrogen-bond donors (Lipinski definition) is 1. The Kier molecular flexibility index (Phi) is 38.6. The Morgan fingerprint density at radius 1 is 0.543 bits per heavy atom. The van der Waals surface area contributed by atoms with Crippen molar-refractivity contribution < 1.29 is 19.4 Å². The maximum atomic E-state index is 12.2. The van der Waals surface area contributed by atoms with Gasteiger partial charge in [-0.15, -0.1) is 0 Å². The lowest BCUT2D eigenvalue weighted by molar-refractivity contribution is -0.154. The lowest BCUT2D eigenvalue weighted by Gasteiger charge is -2.16. The maximum absolute atomic E-state index is 12.2. The van der Waals surface area contributed by atoms with Gasteiger partial charge in [-0.25, -0.2) is 0 Å². The summed E-state index contributed by atoms with van der Waals surface area (Å²) in [5, 5.41) is 9.58. The Labute approximate surface area is 287 Å². The minimum Gasteiger partial charge on any atom is -0.457 e. The van der Waals surface area contributed by atoms with Crippen LogP contribution in [0.3, 0.4) is 0 Å². The second kappa shape index (κ2) is 39.8. The molecule has 0 radical (unpaired) electrons. The molecule has 0 fully saturated rings. The minimum atomic E-state index is -0.536. The first-order valence-corrected chi connectivity index (χ1v) is 20.1. The van der Waals surface area contributed by atoms with Gasteiger partial charge in [0, 0.05) is 13.0 Å². The number of hydrogen-bond acceptors (Lipinski definition) is 4. The third kappa shape index (κ3) is 37.1. The molecule has 0 spiro atoms. The highest BCUT2D eigenvalue weighted by Gasteiger charge is 2.13. The normalized spacial score (nSPS) is 12.7. The van der Waals surface area contributed by atoms with E-state index in [1.807, 2.05) is 0 Å². The fourth-order valence-corrected chi connectivity index (χ4v) is 5.75. The van der Waals surface area contributed by atoms with Crippen LogP contribution in [-0.2, 0) is 14.3 Å². The summed E-state index contributed by atoms with van der Waals surface area (Å²) < 4.78 is 11.1. The summed E-state index contributed by atoms with van der Waals surface area (Å²) in [6, 6.07) is 0. The smallest absolute Gasteiger partial charge is 0.306 e. The van der Waals surface area contributed by atoms with Crippen molar-refractivity contribution in [2.75, 3.05) is 19.8 Å². The van der Waals surface area contributed by atoms with Gasteiger partial charge in [0.05, 0.1) is 13.2 Å². The van der Waals surface area contributed by atoms with Gasteiger partial charge >= 0.3 is 5.97 Å². The number of ether oxygens (including phenoxy) is 2. The number of aliphatic hydroxyl groups is 1. The zero-order chi connectivity index (χ0) is 33.4. The van der Waals surface area contributed by atoms with E-state index in [4.69, 9.17) is 9.47 Å². The predicted molar refractivity (Wildman–Crippen MR) is 200 cm³/mol. The lowest BCUT2D eigenvalue weighted by atomic mass is 10.0. The second-order valence-electron chi connectivity index (χ2n) is 13.3. The quantitative estimate of drug-likeness (QED) is 0.0414. The molecule has 270 valence electrons. The fourth-order valence-electron chi connectivity index (χ4n) is 5.75. The number of aliphatic hydroxyl groups excluding tert-OH is 1. The van der Waals surface area contributed by atoms with Crippen LogP contribution in [0.4, 0.5) is 0 Å². The zero-order valence-corrected chi connectivity index (χ0v) is 30.8. The molecule has 0 amide bonds. The topological polar surface area (TPSA) is 55.8 Å². The Hall–Kier alpha value is -1.39. The van der Waals surface area contributed by atoms with Crippen molar-refractivity contribution in [2.24, 2.45) is 0 Å². The molecule has 0 bridgehead atoms. The lowest BCUT2D eigenvalue weighted by Crippen LogP contribution is -2.27. The van der Waals surface area contributed by atoms with Crippen LogP contribution in [-0.4, -0.2) is 37.0 Å². The Morgan fingerprint density at radius 3 is 1.48 bits per heavy atom. The van der Waals surface area contributed by atoms with Crippen molar-refractivity contribution >= 4 is 5.97 Å². The van der Waals surface area contributed by atoms with E-state index < -0.39 is 6.10 Å². The third-order valence-electron chi connectivity index (χ3n) is 8.73. The van der Waals surface area contributed by atoms with Gasteiger partial charge in [0.2, 0.25) is 0 Å². The van der Waals surface area contributed by atoms with Gasteiger partial charge in [-0.3, -0.25) is 4.79 Å². The summed E-state index contributed by atoms with van der Waals surface area (Å²) in [5.41, 5.74) is 0. The molecule has 4 nitrogen and oxygen atoms in total. The molecule has 0 saturated carbocycles. The molecule has 0 aromatic heterocycles. The van der Waals surface area contributed by atoms with Gasteiger partial charge in [-0.2, -0.15) is 0 Å². The molecule has 0 aliphatic rings. The standard InChI is InChI=1S/C42H78O4/c1-3-5-7-9-11-13-15-17-19-21-23-25-27-29-31-33-35-37-42(44)46-41(39-43)40-45-38-36-34-32-30-28-26-24-22-20-18-16-14-12-10-8-6-4-2/h5,7,11,13,17,19,41,43H,3-4,6,8-10,12,14-16,18,20-40H2,1-2H3/b7-5-,13-11-,19-17-. The molecule has 46 heavy (non-hydrogen) atoms. The first-order chi connectivity index (χ1) is 22.7. The number of carbonyl (C=O) groups excluding carboxylic acids is 1. The Bertz CT molecular complexity index is 683. The first-order valence-electron chi connectivity index (χ1n) is 20.1. The monoisotopic (exact) mass is 647 g/mol. The molecule has 0 aromatic carbocycles. The summed E-state index contributed by atoms with van der Waals surface area (Å²) in [6.07, 6.45) is 49.1. The molecule has 1 unspecified atom stereocenters. The van der Waals surface area contributed by atoms with Crippen LogP contribution in [0.1, 0.15) is 200 Å². The van der Waals surface area contributed by atoms with Crippen LogP contribution in [0.2, 0.25) is 0 Å². The van der Waals surface area contributed by atoms with E-state index in [1.165, 1.54) is 141 Å².